The van der Waals surface area contributed by atoms with Crippen LogP contribution >= 0.6 is 15.9 Å². The van der Waals surface area contributed by atoms with Crippen molar-refractivity contribution in [3.8, 4) is 0 Å². The summed E-state index contributed by atoms with van der Waals surface area (Å²) in [5, 5.41) is 0. The summed E-state index contributed by atoms with van der Waals surface area (Å²) in [6.07, 6.45) is 0. The van der Waals surface area contributed by atoms with Crippen molar-refractivity contribution in [3.63, 3.8) is 0 Å². The zero-order chi connectivity index (χ0) is 14.5. The lowest BCUT2D eigenvalue weighted by Gasteiger charge is -2.05. The van der Waals surface area contributed by atoms with Crippen LogP contribution in [0.5, 0.6) is 0 Å². The lowest BCUT2D eigenvalue weighted by atomic mass is 10.1. The lowest BCUT2D eigenvalue weighted by molar-refractivity contribution is 0.0726. The number of halogens is 3. The molecule has 0 aromatic heterocycles. The minimum Gasteiger partial charge on any atom is -0.369 e. The first-order valence-corrected chi connectivity index (χ1v) is 6.66. The van der Waals surface area contributed by atoms with Crippen molar-refractivity contribution < 1.29 is 18.3 Å². The van der Waals surface area contributed by atoms with Gasteiger partial charge < -0.3 is 4.74 Å². The van der Waals surface area contributed by atoms with Gasteiger partial charge >= 0.3 is 0 Å². The average molecular weight is 341 g/mol. The number of benzene rings is 2. The first-order valence-electron chi connectivity index (χ1n) is 5.86. The maximum Gasteiger partial charge on any atom is 0.188 e. The Morgan fingerprint density at radius 2 is 1.90 bits per heavy atom. The molecule has 0 atom stereocenters. The normalized spacial score (nSPS) is 10.6. The Balaban J connectivity index is 1.90. The molecule has 2 nitrogen and oxygen atoms in total. The summed E-state index contributed by atoms with van der Waals surface area (Å²) in [4.78, 5) is 11.7. The number of hydrogen-bond acceptors (Lipinski definition) is 2. The molecule has 0 spiro atoms. The smallest absolute Gasteiger partial charge is 0.188 e. The zero-order valence-electron chi connectivity index (χ0n) is 10.4. The Labute approximate surface area is 123 Å². The summed E-state index contributed by atoms with van der Waals surface area (Å²) in [6.45, 7) is 0.0897. The van der Waals surface area contributed by atoms with Gasteiger partial charge in [-0.1, -0.05) is 28.1 Å². The number of carbonyl (C=O) groups is 1. The van der Waals surface area contributed by atoms with E-state index in [0.717, 1.165) is 22.2 Å². The number of hydrogen-bond donors (Lipinski definition) is 0. The van der Waals surface area contributed by atoms with E-state index in [2.05, 4.69) is 15.9 Å². The molecule has 0 saturated carbocycles. The van der Waals surface area contributed by atoms with Gasteiger partial charge in [-0.15, -0.1) is 0 Å². The molecule has 0 N–H and O–H groups in total. The van der Waals surface area contributed by atoms with Crippen LogP contribution in [0.3, 0.4) is 0 Å². The highest BCUT2D eigenvalue weighted by Crippen LogP contribution is 2.13. The van der Waals surface area contributed by atoms with E-state index in [1.54, 1.807) is 0 Å². The first-order chi connectivity index (χ1) is 9.56. The monoisotopic (exact) mass is 340 g/mol. The molecule has 104 valence electrons. The Morgan fingerprint density at radius 1 is 1.10 bits per heavy atom. The van der Waals surface area contributed by atoms with Gasteiger partial charge in [0.15, 0.2) is 17.4 Å². The van der Waals surface area contributed by atoms with Crippen molar-refractivity contribution in [3.05, 3.63) is 69.7 Å². The molecule has 0 fully saturated rings. The third-order valence-electron chi connectivity index (χ3n) is 2.63. The largest absolute Gasteiger partial charge is 0.369 e. The van der Waals surface area contributed by atoms with Crippen LogP contribution in [0.25, 0.3) is 0 Å². The van der Waals surface area contributed by atoms with Crippen LogP contribution in [0.15, 0.2) is 46.9 Å². The van der Waals surface area contributed by atoms with E-state index in [0.29, 0.717) is 0 Å². The van der Waals surface area contributed by atoms with Crippen LogP contribution in [0.2, 0.25) is 0 Å². The Morgan fingerprint density at radius 3 is 2.60 bits per heavy atom. The van der Waals surface area contributed by atoms with Crippen LogP contribution in [0.4, 0.5) is 8.78 Å². The maximum absolute atomic E-state index is 13.0. The van der Waals surface area contributed by atoms with Gasteiger partial charge in [-0.3, -0.25) is 4.79 Å². The predicted molar refractivity (Wildman–Crippen MR) is 74.5 cm³/mol. The molecule has 2 aromatic carbocycles. The number of rotatable bonds is 5. The fourth-order valence-electron chi connectivity index (χ4n) is 1.64. The third-order valence-corrected chi connectivity index (χ3v) is 3.13. The van der Waals surface area contributed by atoms with Gasteiger partial charge in [-0.25, -0.2) is 8.78 Å². The van der Waals surface area contributed by atoms with Crippen LogP contribution in [0.1, 0.15) is 15.9 Å². The van der Waals surface area contributed by atoms with Crippen molar-refractivity contribution >= 4 is 21.7 Å². The maximum atomic E-state index is 13.0. The molecule has 2 rings (SSSR count). The van der Waals surface area contributed by atoms with Gasteiger partial charge in [0.25, 0.3) is 0 Å². The van der Waals surface area contributed by atoms with Crippen molar-refractivity contribution in [2.45, 2.75) is 6.61 Å². The highest BCUT2D eigenvalue weighted by molar-refractivity contribution is 9.10. The number of Topliss-reactive ketones (excluding diaryl/α,β-unsaturated/α-hetero) is 1. The lowest BCUT2D eigenvalue weighted by Crippen LogP contribution is -2.09. The molecule has 5 heteroatoms. The predicted octanol–water partition coefficient (Wildman–Crippen LogP) is 4.13. The van der Waals surface area contributed by atoms with E-state index >= 15 is 0 Å². The van der Waals surface area contributed by atoms with Gasteiger partial charge in [0.2, 0.25) is 0 Å². The topological polar surface area (TPSA) is 26.3 Å². The van der Waals surface area contributed by atoms with Crippen molar-refractivity contribution in [1.82, 2.24) is 0 Å². The second-order valence-corrected chi connectivity index (χ2v) is 5.09. The summed E-state index contributed by atoms with van der Waals surface area (Å²) < 4.78 is 31.9. The molecule has 0 radical (unpaired) electrons. The van der Waals surface area contributed by atoms with E-state index in [-0.39, 0.29) is 24.6 Å². The second kappa shape index (κ2) is 6.72. The minimum absolute atomic E-state index is 0.0955. The quantitative estimate of drug-likeness (QED) is 0.765. The average Bonchev–Trinajstić information content (AvgIpc) is 2.42. The van der Waals surface area contributed by atoms with E-state index < -0.39 is 11.6 Å². The number of carbonyl (C=O) groups excluding carboxylic acids is 1. The second-order valence-electron chi connectivity index (χ2n) is 4.17. The van der Waals surface area contributed by atoms with E-state index in [4.69, 9.17) is 4.74 Å². The van der Waals surface area contributed by atoms with E-state index in [1.165, 1.54) is 6.07 Å². The van der Waals surface area contributed by atoms with Crippen LogP contribution in [-0.2, 0) is 11.3 Å². The molecule has 0 bridgehead atoms. The summed E-state index contributed by atoms with van der Waals surface area (Å²) in [5.74, 6) is -2.40. The summed E-state index contributed by atoms with van der Waals surface area (Å²) in [7, 11) is 0. The molecule has 0 saturated heterocycles. The minimum atomic E-state index is -1.04. The van der Waals surface area contributed by atoms with Gasteiger partial charge in [0.05, 0.1) is 6.61 Å². The van der Waals surface area contributed by atoms with Gasteiger partial charge in [0.1, 0.15) is 6.61 Å². The molecule has 0 aliphatic heterocycles. The Hall–Kier alpha value is -1.59. The van der Waals surface area contributed by atoms with Crippen LogP contribution in [0, 0.1) is 11.6 Å². The first kappa shape index (κ1) is 14.8. The fourth-order valence-corrected chi connectivity index (χ4v) is 2.09. The van der Waals surface area contributed by atoms with Crippen molar-refractivity contribution in [2.24, 2.45) is 0 Å². The highest BCUT2D eigenvalue weighted by Gasteiger charge is 2.10. The number of ether oxygens (including phenoxy) is 1. The molecule has 2 aromatic rings. The SMILES string of the molecule is O=C(COCc1cccc(Br)c1)c1ccc(F)c(F)c1. The third kappa shape index (κ3) is 3.95. The Kier molecular flexibility index (Phi) is 4.98. The van der Waals surface area contributed by atoms with Gasteiger partial charge in [-0.05, 0) is 35.9 Å². The fraction of sp³-hybridized carbons (Fsp3) is 0.133. The van der Waals surface area contributed by atoms with Crippen LogP contribution < -0.4 is 0 Å². The van der Waals surface area contributed by atoms with E-state index in [1.807, 2.05) is 24.3 Å². The molecule has 0 heterocycles. The molecule has 0 amide bonds. The van der Waals surface area contributed by atoms with Crippen molar-refractivity contribution in [1.29, 1.82) is 0 Å². The van der Waals surface area contributed by atoms with Gasteiger partial charge in [-0.2, -0.15) is 0 Å². The molecule has 0 aliphatic rings. The molecule has 0 aliphatic carbocycles. The molecule has 0 unspecified atom stereocenters. The van der Waals surface area contributed by atoms with E-state index in [9.17, 15) is 13.6 Å². The number of ketones is 1. The zero-order valence-corrected chi connectivity index (χ0v) is 12.0. The highest BCUT2D eigenvalue weighted by atomic mass is 79.9. The standard InChI is InChI=1S/C15H11BrF2O2/c16-12-3-1-2-10(6-12)8-20-9-15(19)11-4-5-13(17)14(18)7-11/h1-7H,8-9H2. The van der Waals surface area contributed by atoms with Crippen LogP contribution in [-0.4, -0.2) is 12.4 Å². The molecular formula is C15H11BrF2O2. The molecule has 20 heavy (non-hydrogen) atoms. The van der Waals surface area contributed by atoms with Gasteiger partial charge in [0, 0.05) is 10.0 Å². The molecular weight excluding hydrogens is 330 g/mol. The van der Waals surface area contributed by atoms with Crippen molar-refractivity contribution in [2.75, 3.05) is 6.61 Å². The summed E-state index contributed by atoms with van der Waals surface area (Å²) in [5.41, 5.74) is 1.01. The summed E-state index contributed by atoms with van der Waals surface area (Å²) >= 11 is 3.33. The summed E-state index contributed by atoms with van der Waals surface area (Å²) in [6, 6.07) is 10.5. The Bertz CT molecular complexity index is 629.